The molecule has 0 amide bonds. The number of β-amino-alcohol motifs (C(OH)–C–C–N with tert-alkyl or cyclic N) is 1. The van der Waals surface area contributed by atoms with E-state index in [2.05, 4.69) is 11.8 Å². The molecule has 1 fully saturated rings. The summed E-state index contributed by atoms with van der Waals surface area (Å²) < 4.78 is 15.1. The maximum atomic E-state index is 13.1. The molecular weight excluding hydrogens is 341 g/mol. The summed E-state index contributed by atoms with van der Waals surface area (Å²) in [7, 11) is 0. The number of hydrogen-bond donors (Lipinski definition) is 1. The third kappa shape index (κ3) is 3.66. The Hall–Kier alpha value is -2.50. The lowest BCUT2D eigenvalue weighted by Crippen LogP contribution is -2.22. The van der Waals surface area contributed by atoms with E-state index in [9.17, 15) is 9.50 Å². The number of rotatable bonds is 4. The Bertz CT molecular complexity index is 931. The predicted molar refractivity (Wildman–Crippen MR) is 104 cm³/mol. The molecule has 4 rings (SSSR count). The fraction of sp³-hybridized carbons (Fsp3) is 0.318. The average molecular weight is 365 g/mol. The van der Waals surface area contributed by atoms with E-state index in [1.54, 1.807) is 12.1 Å². The number of aliphatic hydroxyl groups is 1. The number of aliphatic hydroxyl groups excluding tert-OH is 1. The molecule has 1 N–H and O–H groups in total. The molecule has 0 saturated carbocycles. The Morgan fingerprint density at radius 3 is 2.26 bits per heavy atom. The standard InChI is InChI=1S/C22H24FN3O/c1-15-22(14-25-12-11-21(27)13-25)16(2)26(24-15)20-9-5-18(6-10-20)17-3-7-19(23)8-4-17/h3-10,21,27H,11-14H2,1-2H3. The number of nitrogens with zero attached hydrogens (tertiary/aromatic N) is 3. The van der Waals surface area contributed by atoms with Gasteiger partial charge in [0, 0.05) is 30.9 Å². The van der Waals surface area contributed by atoms with Crippen LogP contribution in [0.1, 0.15) is 23.4 Å². The zero-order valence-corrected chi connectivity index (χ0v) is 15.7. The van der Waals surface area contributed by atoms with Gasteiger partial charge in [0.2, 0.25) is 0 Å². The second-order valence-electron chi connectivity index (χ2n) is 7.29. The average Bonchev–Trinajstić information content (AvgIpc) is 3.20. The number of aromatic nitrogens is 2. The molecule has 1 aliphatic heterocycles. The van der Waals surface area contributed by atoms with Gasteiger partial charge in [0.25, 0.3) is 0 Å². The van der Waals surface area contributed by atoms with Gasteiger partial charge in [0.05, 0.1) is 17.5 Å². The van der Waals surface area contributed by atoms with E-state index < -0.39 is 0 Å². The number of aryl methyl sites for hydroxylation is 1. The van der Waals surface area contributed by atoms with Crippen LogP contribution in [0.2, 0.25) is 0 Å². The van der Waals surface area contributed by atoms with Gasteiger partial charge in [-0.3, -0.25) is 4.90 Å². The minimum atomic E-state index is -0.226. The Morgan fingerprint density at radius 2 is 1.67 bits per heavy atom. The van der Waals surface area contributed by atoms with Gasteiger partial charge in [-0.25, -0.2) is 9.07 Å². The summed E-state index contributed by atoms with van der Waals surface area (Å²) in [6, 6.07) is 14.7. The van der Waals surface area contributed by atoms with Crippen LogP contribution in [-0.2, 0) is 6.54 Å². The molecule has 0 aliphatic carbocycles. The van der Waals surface area contributed by atoms with Crippen LogP contribution in [0.15, 0.2) is 48.5 Å². The van der Waals surface area contributed by atoms with Crippen molar-refractivity contribution in [1.29, 1.82) is 0 Å². The fourth-order valence-electron chi connectivity index (χ4n) is 3.77. The molecule has 1 aliphatic rings. The molecule has 1 saturated heterocycles. The number of halogens is 1. The molecule has 3 aromatic rings. The predicted octanol–water partition coefficient (Wildman–Crippen LogP) is 3.86. The maximum Gasteiger partial charge on any atom is 0.123 e. The van der Waals surface area contributed by atoms with Crippen molar-refractivity contribution in [3.8, 4) is 16.8 Å². The number of likely N-dealkylation sites (tertiary alicyclic amines) is 1. The Balaban J connectivity index is 1.58. The van der Waals surface area contributed by atoms with E-state index in [1.807, 2.05) is 35.9 Å². The lowest BCUT2D eigenvalue weighted by Gasteiger charge is -2.15. The smallest absolute Gasteiger partial charge is 0.123 e. The van der Waals surface area contributed by atoms with Crippen LogP contribution in [0.5, 0.6) is 0 Å². The molecule has 2 heterocycles. The lowest BCUT2D eigenvalue weighted by molar-refractivity contribution is 0.174. The van der Waals surface area contributed by atoms with Gasteiger partial charge >= 0.3 is 0 Å². The van der Waals surface area contributed by atoms with Crippen molar-refractivity contribution in [2.75, 3.05) is 13.1 Å². The first kappa shape index (κ1) is 17.9. The normalized spacial score (nSPS) is 17.6. The summed E-state index contributed by atoms with van der Waals surface area (Å²) in [5.41, 5.74) is 6.43. The highest BCUT2D eigenvalue weighted by atomic mass is 19.1. The first-order valence-electron chi connectivity index (χ1n) is 9.33. The van der Waals surface area contributed by atoms with Crippen LogP contribution < -0.4 is 0 Å². The van der Waals surface area contributed by atoms with Crippen LogP contribution in [0.4, 0.5) is 4.39 Å². The van der Waals surface area contributed by atoms with Gasteiger partial charge in [0.1, 0.15) is 5.82 Å². The van der Waals surface area contributed by atoms with Gasteiger partial charge in [-0.1, -0.05) is 24.3 Å². The Labute approximate surface area is 158 Å². The van der Waals surface area contributed by atoms with Crippen LogP contribution in [0.25, 0.3) is 16.8 Å². The summed E-state index contributed by atoms with van der Waals surface area (Å²) in [5, 5.41) is 14.5. The molecule has 5 heteroatoms. The summed E-state index contributed by atoms with van der Waals surface area (Å²) in [5.74, 6) is -0.226. The van der Waals surface area contributed by atoms with Gasteiger partial charge < -0.3 is 5.11 Å². The van der Waals surface area contributed by atoms with Gasteiger partial charge in [0.15, 0.2) is 0 Å². The van der Waals surface area contributed by atoms with Crippen molar-refractivity contribution in [2.24, 2.45) is 0 Å². The van der Waals surface area contributed by atoms with E-state index in [4.69, 9.17) is 5.10 Å². The van der Waals surface area contributed by atoms with E-state index in [0.717, 1.165) is 54.3 Å². The van der Waals surface area contributed by atoms with Crippen LogP contribution in [0.3, 0.4) is 0 Å². The Morgan fingerprint density at radius 1 is 1.04 bits per heavy atom. The molecule has 1 aromatic heterocycles. The molecule has 0 bridgehead atoms. The largest absolute Gasteiger partial charge is 0.392 e. The minimum Gasteiger partial charge on any atom is -0.392 e. The molecule has 4 nitrogen and oxygen atoms in total. The first-order chi connectivity index (χ1) is 13.0. The van der Waals surface area contributed by atoms with Gasteiger partial charge in [-0.15, -0.1) is 0 Å². The second-order valence-corrected chi connectivity index (χ2v) is 7.29. The monoisotopic (exact) mass is 365 g/mol. The quantitative estimate of drug-likeness (QED) is 0.763. The van der Waals surface area contributed by atoms with Crippen LogP contribution in [-0.4, -0.2) is 39.0 Å². The van der Waals surface area contributed by atoms with Gasteiger partial charge in [-0.2, -0.15) is 5.10 Å². The SMILES string of the molecule is Cc1nn(-c2ccc(-c3ccc(F)cc3)cc2)c(C)c1CN1CCC(O)C1. The molecular formula is C22H24FN3O. The van der Waals surface area contributed by atoms with Crippen molar-refractivity contribution in [1.82, 2.24) is 14.7 Å². The van der Waals surface area contributed by atoms with E-state index >= 15 is 0 Å². The Kier molecular flexibility index (Phi) is 4.81. The summed E-state index contributed by atoms with van der Waals surface area (Å²) >= 11 is 0. The molecule has 140 valence electrons. The molecule has 2 aromatic carbocycles. The summed E-state index contributed by atoms with van der Waals surface area (Å²) in [4.78, 5) is 2.28. The topological polar surface area (TPSA) is 41.3 Å². The van der Waals surface area contributed by atoms with Gasteiger partial charge in [-0.05, 0) is 55.7 Å². The first-order valence-corrected chi connectivity index (χ1v) is 9.33. The highest BCUT2D eigenvalue weighted by Gasteiger charge is 2.23. The molecule has 27 heavy (non-hydrogen) atoms. The third-order valence-corrected chi connectivity index (χ3v) is 5.36. The highest BCUT2D eigenvalue weighted by molar-refractivity contribution is 5.64. The minimum absolute atomic E-state index is 0.209. The van der Waals surface area contributed by atoms with E-state index in [-0.39, 0.29) is 11.9 Å². The zero-order chi connectivity index (χ0) is 19.0. The second kappa shape index (κ2) is 7.25. The number of hydrogen-bond acceptors (Lipinski definition) is 3. The van der Waals surface area contributed by atoms with Crippen molar-refractivity contribution in [3.05, 3.63) is 71.3 Å². The lowest BCUT2D eigenvalue weighted by atomic mass is 10.1. The van der Waals surface area contributed by atoms with Crippen molar-refractivity contribution in [2.45, 2.75) is 32.9 Å². The maximum absolute atomic E-state index is 13.1. The fourth-order valence-corrected chi connectivity index (χ4v) is 3.77. The van der Waals surface area contributed by atoms with Crippen LogP contribution in [0, 0.1) is 19.7 Å². The zero-order valence-electron chi connectivity index (χ0n) is 15.7. The van der Waals surface area contributed by atoms with Crippen molar-refractivity contribution in [3.63, 3.8) is 0 Å². The summed E-state index contributed by atoms with van der Waals surface area (Å²) in [6.07, 6.45) is 0.636. The molecule has 1 unspecified atom stereocenters. The number of benzene rings is 2. The highest BCUT2D eigenvalue weighted by Crippen LogP contribution is 2.24. The molecule has 1 atom stereocenters. The van der Waals surface area contributed by atoms with Crippen molar-refractivity contribution < 1.29 is 9.50 Å². The molecule has 0 spiro atoms. The van der Waals surface area contributed by atoms with E-state index in [0.29, 0.717) is 0 Å². The van der Waals surface area contributed by atoms with Crippen LogP contribution >= 0.6 is 0 Å². The van der Waals surface area contributed by atoms with E-state index in [1.165, 1.54) is 17.7 Å². The molecule has 0 radical (unpaired) electrons. The summed E-state index contributed by atoms with van der Waals surface area (Å²) in [6.45, 7) is 6.62. The van der Waals surface area contributed by atoms with Crippen molar-refractivity contribution >= 4 is 0 Å². The third-order valence-electron chi connectivity index (χ3n) is 5.36.